The summed E-state index contributed by atoms with van der Waals surface area (Å²) in [6, 6.07) is 18.7. The van der Waals surface area contributed by atoms with Crippen LogP contribution in [0, 0.1) is 0 Å². The molecule has 0 aliphatic carbocycles. The lowest BCUT2D eigenvalue weighted by Gasteiger charge is -2.08. The van der Waals surface area contributed by atoms with Crippen LogP contribution in [0.2, 0.25) is 0 Å². The van der Waals surface area contributed by atoms with Gasteiger partial charge in [-0.05, 0) is 36.4 Å². The van der Waals surface area contributed by atoms with E-state index in [-0.39, 0.29) is 5.91 Å². The van der Waals surface area contributed by atoms with Crippen LogP contribution in [0.3, 0.4) is 0 Å². The number of amides is 1. The lowest BCUT2D eigenvalue weighted by Crippen LogP contribution is -2.11. The SMILES string of the molecule is O=C(Nc1cccc2ncccc12)c1ccccc1. The molecule has 0 fully saturated rings. The normalized spacial score (nSPS) is 10.3. The van der Waals surface area contributed by atoms with Gasteiger partial charge < -0.3 is 5.32 Å². The number of fused-ring (bicyclic) bond motifs is 1. The van der Waals surface area contributed by atoms with Crippen molar-refractivity contribution in [1.29, 1.82) is 0 Å². The average Bonchev–Trinajstić information content (AvgIpc) is 2.48. The van der Waals surface area contributed by atoms with E-state index in [4.69, 9.17) is 0 Å². The second-order valence-electron chi connectivity index (χ2n) is 4.20. The molecular formula is C16H12N2O. The molecule has 92 valence electrons. The molecule has 2 aromatic carbocycles. The highest BCUT2D eigenvalue weighted by molar-refractivity contribution is 6.08. The molecule has 0 unspecified atom stereocenters. The van der Waals surface area contributed by atoms with E-state index in [1.807, 2.05) is 48.5 Å². The lowest BCUT2D eigenvalue weighted by atomic mass is 10.1. The molecule has 0 aliphatic heterocycles. The van der Waals surface area contributed by atoms with Crippen LogP contribution < -0.4 is 5.32 Å². The average molecular weight is 248 g/mol. The first-order chi connectivity index (χ1) is 9.34. The summed E-state index contributed by atoms with van der Waals surface area (Å²) in [5.74, 6) is -0.114. The predicted octanol–water partition coefficient (Wildman–Crippen LogP) is 3.49. The van der Waals surface area contributed by atoms with Gasteiger partial charge >= 0.3 is 0 Å². The number of benzene rings is 2. The third kappa shape index (κ3) is 2.31. The number of pyridine rings is 1. The predicted molar refractivity (Wildman–Crippen MR) is 76.1 cm³/mol. The van der Waals surface area contributed by atoms with E-state index in [1.54, 1.807) is 18.3 Å². The van der Waals surface area contributed by atoms with E-state index in [2.05, 4.69) is 10.3 Å². The molecule has 0 saturated carbocycles. The van der Waals surface area contributed by atoms with E-state index < -0.39 is 0 Å². The number of hydrogen-bond acceptors (Lipinski definition) is 2. The fourth-order valence-electron chi connectivity index (χ4n) is 2.00. The Labute approximate surface area is 110 Å². The van der Waals surface area contributed by atoms with E-state index in [1.165, 1.54) is 0 Å². The number of rotatable bonds is 2. The van der Waals surface area contributed by atoms with Gasteiger partial charge in [0.05, 0.1) is 11.2 Å². The fraction of sp³-hybridized carbons (Fsp3) is 0. The van der Waals surface area contributed by atoms with E-state index >= 15 is 0 Å². The number of aromatic nitrogens is 1. The van der Waals surface area contributed by atoms with Gasteiger partial charge in [0.15, 0.2) is 0 Å². The summed E-state index contributed by atoms with van der Waals surface area (Å²) in [4.78, 5) is 16.4. The molecule has 0 aliphatic rings. The first-order valence-electron chi connectivity index (χ1n) is 6.05. The summed E-state index contributed by atoms with van der Waals surface area (Å²) in [7, 11) is 0. The van der Waals surface area contributed by atoms with Gasteiger partial charge in [-0.15, -0.1) is 0 Å². The third-order valence-corrected chi connectivity index (χ3v) is 2.93. The minimum atomic E-state index is -0.114. The molecule has 1 amide bonds. The van der Waals surface area contributed by atoms with E-state index in [0.29, 0.717) is 5.56 Å². The van der Waals surface area contributed by atoms with Gasteiger partial charge in [-0.25, -0.2) is 0 Å². The Balaban J connectivity index is 1.96. The monoisotopic (exact) mass is 248 g/mol. The molecule has 3 nitrogen and oxygen atoms in total. The molecule has 0 spiro atoms. The number of nitrogens with one attached hydrogen (secondary N) is 1. The Morgan fingerprint density at radius 3 is 2.58 bits per heavy atom. The summed E-state index contributed by atoms with van der Waals surface area (Å²) in [5.41, 5.74) is 2.29. The zero-order valence-corrected chi connectivity index (χ0v) is 10.2. The van der Waals surface area contributed by atoms with Crippen molar-refractivity contribution >= 4 is 22.5 Å². The number of carbonyl (C=O) groups excluding carboxylic acids is 1. The third-order valence-electron chi connectivity index (χ3n) is 2.93. The molecule has 0 atom stereocenters. The molecule has 0 radical (unpaired) electrons. The van der Waals surface area contributed by atoms with Gasteiger partial charge in [0, 0.05) is 17.1 Å². The second-order valence-corrected chi connectivity index (χ2v) is 4.20. The van der Waals surface area contributed by atoms with Crippen LogP contribution in [0.25, 0.3) is 10.9 Å². The lowest BCUT2D eigenvalue weighted by molar-refractivity contribution is 0.102. The zero-order valence-electron chi connectivity index (χ0n) is 10.2. The van der Waals surface area contributed by atoms with Crippen LogP contribution in [0.4, 0.5) is 5.69 Å². The van der Waals surface area contributed by atoms with Crippen molar-refractivity contribution in [3.63, 3.8) is 0 Å². The van der Waals surface area contributed by atoms with Crippen LogP contribution in [-0.4, -0.2) is 10.9 Å². The van der Waals surface area contributed by atoms with Gasteiger partial charge in [-0.3, -0.25) is 9.78 Å². The highest BCUT2D eigenvalue weighted by atomic mass is 16.1. The molecule has 1 N–H and O–H groups in total. The molecule has 0 bridgehead atoms. The van der Waals surface area contributed by atoms with Crippen molar-refractivity contribution in [2.45, 2.75) is 0 Å². The maximum Gasteiger partial charge on any atom is 0.255 e. The Bertz CT molecular complexity index is 718. The maximum atomic E-state index is 12.1. The number of anilines is 1. The summed E-state index contributed by atoms with van der Waals surface area (Å²) < 4.78 is 0. The number of carbonyl (C=O) groups is 1. The van der Waals surface area contributed by atoms with Gasteiger partial charge in [-0.2, -0.15) is 0 Å². The second kappa shape index (κ2) is 4.90. The molecule has 3 heteroatoms. The minimum Gasteiger partial charge on any atom is -0.321 e. The topological polar surface area (TPSA) is 42.0 Å². The van der Waals surface area contributed by atoms with Crippen LogP contribution in [0.15, 0.2) is 66.9 Å². The fourth-order valence-corrected chi connectivity index (χ4v) is 2.00. The number of hydrogen-bond donors (Lipinski definition) is 1. The Hall–Kier alpha value is -2.68. The summed E-state index contributed by atoms with van der Waals surface area (Å²) >= 11 is 0. The number of nitrogens with zero attached hydrogens (tertiary/aromatic N) is 1. The van der Waals surface area contributed by atoms with Crippen molar-refractivity contribution in [1.82, 2.24) is 4.98 Å². The first kappa shape index (κ1) is 11.4. The zero-order chi connectivity index (χ0) is 13.1. The van der Waals surface area contributed by atoms with Crippen molar-refractivity contribution in [2.75, 3.05) is 5.32 Å². The largest absolute Gasteiger partial charge is 0.321 e. The smallest absolute Gasteiger partial charge is 0.255 e. The van der Waals surface area contributed by atoms with Crippen molar-refractivity contribution in [3.05, 3.63) is 72.4 Å². The molecule has 19 heavy (non-hydrogen) atoms. The van der Waals surface area contributed by atoms with Crippen molar-refractivity contribution in [2.24, 2.45) is 0 Å². The van der Waals surface area contributed by atoms with Gasteiger partial charge in [0.1, 0.15) is 0 Å². The maximum absolute atomic E-state index is 12.1. The van der Waals surface area contributed by atoms with Crippen LogP contribution in [0.1, 0.15) is 10.4 Å². The molecular weight excluding hydrogens is 236 g/mol. The minimum absolute atomic E-state index is 0.114. The van der Waals surface area contributed by atoms with E-state index in [0.717, 1.165) is 16.6 Å². The standard InChI is InChI=1S/C16H12N2O/c19-16(12-6-2-1-3-7-12)18-15-10-4-9-14-13(15)8-5-11-17-14/h1-11H,(H,18,19). The highest BCUT2D eigenvalue weighted by Crippen LogP contribution is 2.21. The molecule has 0 saturated heterocycles. The summed E-state index contributed by atoms with van der Waals surface area (Å²) in [5, 5.41) is 3.86. The molecule has 3 aromatic rings. The van der Waals surface area contributed by atoms with Crippen LogP contribution in [-0.2, 0) is 0 Å². The Morgan fingerprint density at radius 1 is 0.895 bits per heavy atom. The molecule has 1 heterocycles. The van der Waals surface area contributed by atoms with Crippen LogP contribution >= 0.6 is 0 Å². The summed E-state index contributed by atoms with van der Waals surface area (Å²) in [6.45, 7) is 0. The van der Waals surface area contributed by atoms with E-state index in [9.17, 15) is 4.79 Å². The van der Waals surface area contributed by atoms with Gasteiger partial charge in [0.25, 0.3) is 5.91 Å². The van der Waals surface area contributed by atoms with Gasteiger partial charge in [-0.1, -0.05) is 24.3 Å². The highest BCUT2D eigenvalue weighted by Gasteiger charge is 2.07. The van der Waals surface area contributed by atoms with Crippen molar-refractivity contribution in [3.8, 4) is 0 Å². The van der Waals surface area contributed by atoms with Crippen molar-refractivity contribution < 1.29 is 4.79 Å². The first-order valence-corrected chi connectivity index (χ1v) is 6.05. The molecule has 1 aromatic heterocycles. The quantitative estimate of drug-likeness (QED) is 0.754. The Morgan fingerprint density at radius 2 is 1.74 bits per heavy atom. The van der Waals surface area contributed by atoms with Crippen LogP contribution in [0.5, 0.6) is 0 Å². The summed E-state index contributed by atoms with van der Waals surface area (Å²) in [6.07, 6.45) is 1.74. The Kier molecular flexibility index (Phi) is 2.94. The van der Waals surface area contributed by atoms with Gasteiger partial charge in [0.2, 0.25) is 0 Å². The molecule has 3 rings (SSSR count).